The number of aromatic nitrogens is 2. The Balaban J connectivity index is 0.840. The predicted octanol–water partition coefficient (Wildman–Crippen LogP) is 13.5. The van der Waals surface area contributed by atoms with Gasteiger partial charge in [-0.05, 0) is 171 Å². The highest BCUT2D eigenvalue weighted by atomic mass is 19.2. The summed E-state index contributed by atoms with van der Waals surface area (Å²) in [6.45, 7) is 13.9. The van der Waals surface area contributed by atoms with Crippen molar-refractivity contribution in [2.75, 3.05) is 65.7 Å². The molecule has 16 heteroatoms. The lowest BCUT2D eigenvalue weighted by atomic mass is 9.94. The van der Waals surface area contributed by atoms with Gasteiger partial charge in [0.25, 0.3) is 0 Å². The lowest BCUT2D eigenvalue weighted by Gasteiger charge is -2.17. The molecule has 0 aliphatic carbocycles. The lowest BCUT2D eigenvalue weighted by molar-refractivity contribution is 0.0224. The smallest absolute Gasteiger partial charge is 0.497 e. The number of aliphatic imine (C=N–C) groups is 2. The molecule has 79 heavy (non-hydrogen) atoms. The number of allylic oxidation sites excluding steroid dienone is 5. The van der Waals surface area contributed by atoms with E-state index >= 15 is 8.63 Å². The third kappa shape index (κ3) is 14.3. The minimum absolute atomic E-state index is 0.189. The van der Waals surface area contributed by atoms with Crippen LogP contribution in [0, 0.1) is 32.6 Å². The molecule has 6 aromatic rings. The summed E-state index contributed by atoms with van der Waals surface area (Å²) in [4.78, 5) is 9.77. The van der Waals surface area contributed by atoms with E-state index in [1.807, 2.05) is 162 Å². The van der Waals surface area contributed by atoms with E-state index in [1.54, 1.807) is 39.4 Å². The molecule has 0 saturated carbocycles. The van der Waals surface area contributed by atoms with E-state index in [9.17, 15) is 8.63 Å². The van der Waals surface area contributed by atoms with Crippen LogP contribution in [0.15, 0.2) is 160 Å². The van der Waals surface area contributed by atoms with Crippen molar-refractivity contribution in [1.82, 2.24) is 8.96 Å². The highest BCUT2D eigenvalue weighted by Crippen LogP contribution is 2.39. The number of rotatable bonds is 23. The molecule has 2 aliphatic heterocycles. The Morgan fingerprint density at radius 3 is 1.66 bits per heavy atom. The van der Waals surface area contributed by atoms with Gasteiger partial charge in [0.2, 0.25) is 0 Å². The molecule has 0 bridgehead atoms. The van der Waals surface area contributed by atoms with E-state index < -0.39 is 14.8 Å². The number of anilines is 1. The van der Waals surface area contributed by atoms with Crippen LogP contribution in [0.1, 0.15) is 82.5 Å². The van der Waals surface area contributed by atoms with Crippen LogP contribution in [0.4, 0.5) is 23.0 Å². The molecule has 0 fully saturated rings. The van der Waals surface area contributed by atoms with Crippen LogP contribution in [0.2, 0.25) is 0 Å². The largest absolute Gasteiger partial charge is 0.678 e. The van der Waals surface area contributed by atoms with Gasteiger partial charge < -0.3 is 38.0 Å². The molecule has 2 aliphatic rings. The first-order chi connectivity index (χ1) is 38.2. The van der Waals surface area contributed by atoms with Crippen molar-refractivity contribution < 1.29 is 40.9 Å². The standard InChI is InChI=1S/C63H63B2F4N5O5/c1-42-38-46(5)71-60(42)58(62-44(3)39-47(6)73(62)64(66)67)52-21-24-53(25-22-52)70-31-33-78-35-37-79-36-34-77-32-9-10-48-11-19-51(20-12-48)59(61-43(2)40-54(72-61)23-13-49-15-27-56(75-7)28-16-49)63-45(4)41-55(74(63)65(68)69)26-14-50-17-29-57(76-8)30-18-50/h11-30,38-41,70H,31-37H2,1-8H3/b23-13+,26-14-,60-58-,61-59-. The molecule has 2 aromatic heterocycles. The number of nitrogens with one attached hydrogen (secondary N) is 1. The zero-order chi connectivity index (χ0) is 56.0. The van der Waals surface area contributed by atoms with Crippen molar-refractivity contribution in [3.8, 4) is 23.3 Å². The topological polar surface area (TPSA) is 92.8 Å². The fourth-order valence-electron chi connectivity index (χ4n) is 9.54. The van der Waals surface area contributed by atoms with Crippen molar-refractivity contribution in [3.63, 3.8) is 0 Å². The van der Waals surface area contributed by atoms with E-state index in [4.69, 9.17) is 33.7 Å². The number of nitrogens with zero attached hydrogens (tertiary/aromatic N) is 4. The van der Waals surface area contributed by atoms with Crippen LogP contribution < -0.4 is 14.8 Å². The van der Waals surface area contributed by atoms with Crippen LogP contribution in [0.25, 0.3) is 29.4 Å². The Kier molecular flexibility index (Phi) is 19.5. The second kappa shape index (κ2) is 27.0. The molecule has 0 spiro atoms. The highest BCUT2D eigenvalue weighted by Gasteiger charge is 2.31. The summed E-state index contributed by atoms with van der Waals surface area (Å²) in [5, 5.41) is 3.36. The summed E-state index contributed by atoms with van der Waals surface area (Å²) in [6, 6.07) is 33.9. The van der Waals surface area contributed by atoms with Gasteiger partial charge in [0.1, 0.15) is 18.1 Å². The predicted molar refractivity (Wildman–Crippen MR) is 315 cm³/mol. The third-order valence-electron chi connectivity index (χ3n) is 13.3. The third-order valence-corrected chi connectivity index (χ3v) is 13.3. The summed E-state index contributed by atoms with van der Waals surface area (Å²) < 4.78 is 89.4. The Morgan fingerprint density at radius 1 is 0.570 bits per heavy atom. The molecule has 0 radical (unpaired) electrons. The zero-order valence-electron chi connectivity index (χ0n) is 45.8. The maximum absolute atomic E-state index is 15.4. The highest BCUT2D eigenvalue weighted by molar-refractivity contribution is 6.42. The second-order valence-electron chi connectivity index (χ2n) is 19.0. The summed E-state index contributed by atoms with van der Waals surface area (Å²) in [6.07, 6.45) is 11.3. The minimum atomic E-state index is -2.85. The molecule has 1 N–H and O–H groups in total. The van der Waals surface area contributed by atoms with Crippen molar-refractivity contribution >= 4 is 61.3 Å². The molecule has 0 unspecified atom stereocenters. The lowest BCUT2D eigenvalue weighted by Crippen LogP contribution is -2.18. The van der Waals surface area contributed by atoms with Crippen molar-refractivity contribution in [1.29, 1.82) is 0 Å². The van der Waals surface area contributed by atoms with Gasteiger partial charge in [0.05, 0.1) is 64.4 Å². The Hall–Kier alpha value is -8.09. The first kappa shape index (κ1) is 57.1. The summed E-state index contributed by atoms with van der Waals surface area (Å²) in [5.41, 5.74) is 13.9. The van der Waals surface area contributed by atoms with Crippen molar-refractivity contribution in [3.05, 3.63) is 212 Å². The van der Waals surface area contributed by atoms with Crippen LogP contribution in [0.5, 0.6) is 11.5 Å². The van der Waals surface area contributed by atoms with Gasteiger partial charge in [-0.15, -0.1) is 0 Å². The van der Waals surface area contributed by atoms with Gasteiger partial charge in [-0.3, -0.25) is 22.3 Å². The number of hydrogen-bond acceptors (Lipinski definition) is 8. The molecule has 8 rings (SSSR count). The fourth-order valence-corrected chi connectivity index (χ4v) is 9.54. The molecule has 0 saturated heterocycles. The monoisotopic (exact) mass is 1070 g/mol. The number of methoxy groups -OCH3 is 2. The van der Waals surface area contributed by atoms with Gasteiger partial charge in [0.15, 0.2) is 0 Å². The molecule has 10 nitrogen and oxygen atoms in total. The van der Waals surface area contributed by atoms with E-state index in [0.717, 1.165) is 65.1 Å². The maximum Gasteiger partial charge on any atom is 0.678 e. The summed E-state index contributed by atoms with van der Waals surface area (Å²) >= 11 is 0. The Morgan fingerprint density at radius 2 is 1.09 bits per heavy atom. The normalized spacial score (nSPS) is 14.5. The molecular weight excluding hydrogens is 1000 g/mol. The molecule has 4 aromatic carbocycles. The van der Waals surface area contributed by atoms with Crippen LogP contribution >= 0.6 is 0 Å². The number of halogens is 4. The van der Waals surface area contributed by atoms with E-state index in [-0.39, 0.29) is 6.61 Å². The van der Waals surface area contributed by atoms with Crippen molar-refractivity contribution in [2.24, 2.45) is 9.98 Å². The number of ether oxygens (including phenoxy) is 5. The Bertz CT molecular complexity index is 3450. The van der Waals surface area contributed by atoms with Gasteiger partial charge in [-0.1, -0.05) is 72.5 Å². The Labute approximate surface area is 461 Å². The molecule has 404 valence electrons. The van der Waals surface area contributed by atoms with Gasteiger partial charge in [0, 0.05) is 57.4 Å². The number of hydrogen-bond donors (Lipinski definition) is 1. The molecule has 4 heterocycles. The number of aryl methyl sites for hydroxylation is 3. The summed E-state index contributed by atoms with van der Waals surface area (Å²) in [5.74, 6) is 7.67. The van der Waals surface area contributed by atoms with E-state index in [1.165, 1.54) is 0 Å². The van der Waals surface area contributed by atoms with Crippen LogP contribution in [0.3, 0.4) is 0 Å². The molecule has 0 amide bonds. The summed E-state index contributed by atoms with van der Waals surface area (Å²) in [7, 11) is -2.32. The molecule has 0 atom stereocenters. The molecular formula is C63H63B2F4N5O5. The van der Waals surface area contributed by atoms with E-state index in [2.05, 4.69) is 17.2 Å². The van der Waals surface area contributed by atoms with Crippen LogP contribution in [-0.2, 0) is 14.2 Å². The van der Waals surface area contributed by atoms with Gasteiger partial charge in [-0.25, -0.2) is 4.99 Å². The quantitative estimate of drug-likeness (QED) is 0.0297. The number of benzene rings is 4. The average Bonchev–Trinajstić information content (AvgIpc) is 4.36. The van der Waals surface area contributed by atoms with Gasteiger partial charge in [-0.2, -0.15) is 0 Å². The first-order valence-electron chi connectivity index (χ1n) is 26.0. The minimum Gasteiger partial charge on any atom is -0.497 e. The maximum atomic E-state index is 15.4. The van der Waals surface area contributed by atoms with Crippen LogP contribution in [-0.4, -0.2) is 95.6 Å². The van der Waals surface area contributed by atoms with E-state index in [0.29, 0.717) is 107 Å². The fraction of sp³-hybridized carbons (Fsp3) is 0.238. The average molecular weight is 1070 g/mol. The first-order valence-corrected chi connectivity index (χ1v) is 26.0. The van der Waals surface area contributed by atoms with Gasteiger partial charge >= 0.3 is 14.8 Å². The zero-order valence-corrected chi connectivity index (χ0v) is 45.8. The SMILES string of the molecule is COc1ccc(/C=C\c2cc(C)c(/C(=C3N=C(/C=C/c4ccc(OC)cc4)C=C\3C)c3ccc(C#CCOCCOCCOCCNc4ccc(/C(=C5/N=C(C)C=C5C)c5c(C)cc(C)n5B(F)F)cc4)cc3)n2B(F)F)cc1. The second-order valence-corrected chi connectivity index (χ2v) is 19.0. The van der Waals surface area contributed by atoms with Crippen molar-refractivity contribution in [2.45, 2.75) is 41.5 Å².